The predicted octanol–water partition coefficient (Wildman–Crippen LogP) is 3.82. The van der Waals surface area contributed by atoms with Crippen LogP contribution in [0, 0.1) is 0 Å². The van der Waals surface area contributed by atoms with Crippen LogP contribution in [0.25, 0.3) is 0 Å². The molecule has 0 amide bonds. The highest BCUT2D eigenvalue weighted by Crippen LogP contribution is 2.23. The number of carbonyl (C=O) groups is 1. The zero-order valence-electron chi connectivity index (χ0n) is 12.4. The van der Waals surface area contributed by atoms with Gasteiger partial charge in [-0.25, -0.2) is 4.79 Å². The quantitative estimate of drug-likeness (QED) is 0.332. The number of hydrogen-bond donors (Lipinski definition) is 0. The van der Waals surface area contributed by atoms with Crippen molar-refractivity contribution < 1.29 is 19.0 Å². The van der Waals surface area contributed by atoms with Crippen molar-refractivity contribution >= 4 is 25.6 Å². The molecule has 0 spiro atoms. The van der Waals surface area contributed by atoms with E-state index in [0.29, 0.717) is 22.9 Å². The molecule has 6 heteroatoms. The largest absolute Gasteiger partial charge is 0.467 e. The number of carbonyl (C=O) groups excluding carboxylic acids is 1. The Morgan fingerprint density at radius 3 is 2.60 bits per heavy atom. The second-order valence-corrected chi connectivity index (χ2v) is 11.7. The first-order valence-corrected chi connectivity index (χ1v) is 10.5. The first-order chi connectivity index (χ1) is 9.33. The summed E-state index contributed by atoms with van der Waals surface area (Å²) in [6.07, 6.45) is 0. The summed E-state index contributed by atoms with van der Waals surface area (Å²) in [4.78, 5) is 11.6. The van der Waals surface area contributed by atoms with Gasteiger partial charge in [-0.05, 0) is 24.2 Å². The third kappa shape index (κ3) is 5.94. The van der Waals surface area contributed by atoms with E-state index in [-0.39, 0.29) is 6.79 Å². The van der Waals surface area contributed by atoms with E-state index < -0.39 is 14.0 Å². The second-order valence-electron chi connectivity index (χ2n) is 5.61. The van der Waals surface area contributed by atoms with Crippen LogP contribution in [0.3, 0.4) is 0 Å². The molecule has 0 aliphatic carbocycles. The van der Waals surface area contributed by atoms with Gasteiger partial charge < -0.3 is 14.2 Å². The summed E-state index contributed by atoms with van der Waals surface area (Å²) in [5.74, 6) is -0.0705. The van der Waals surface area contributed by atoms with Gasteiger partial charge >= 0.3 is 5.97 Å². The van der Waals surface area contributed by atoms with E-state index in [9.17, 15) is 4.79 Å². The fourth-order valence-electron chi connectivity index (χ4n) is 1.44. The van der Waals surface area contributed by atoms with Crippen LogP contribution >= 0.6 is 11.6 Å². The van der Waals surface area contributed by atoms with Gasteiger partial charge in [-0.3, -0.25) is 0 Å². The minimum absolute atomic E-state index is 0.107. The minimum atomic E-state index is -1.10. The number of rotatable bonds is 7. The molecule has 4 nitrogen and oxygen atoms in total. The van der Waals surface area contributed by atoms with Crippen molar-refractivity contribution in [2.75, 3.05) is 20.5 Å². The lowest BCUT2D eigenvalue weighted by Gasteiger charge is -2.16. The summed E-state index contributed by atoms with van der Waals surface area (Å²) in [5, 5.41) is 0.456. The summed E-state index contributed by atoms with van der Waals surface area (Å²) in [6, 6.07) is 5.88. The number of ether oxygens (including phenoxy) is 3. The van der Waals surface area contributed by atoms with Crippen molar-refractivity contribution in [3.63, 3.8) is 0 Å². The van der Waals surface area contributed by atoms with Crippen LogP contribution in [0.1, 0.15) is 10.4 Å². The van der Waals surface area contributed by atoms with Crippen LogP contribution < -0.4 is 4.74 Å². The third-order valence-corrected chi connectivity index (χ3v) is 4.58. The molecule has 1 rings (SSSR count). The maximum atomic E-state index is 11.6. The van der Waals surface area contributed by atoms with Gasteiger partial charge in [0.1, 0.15) is 11.3 Å². The molecule has 0 aromatic heterocycles. The Morgan fingerprint density at radius 1 is 1.30 bits per heavy atom. The minimum Gasteiger partial charge on any atom is -0.467 e. The molecule has 20 heavy (non-hydrogen) atoms. The third-order valence-electron chi connectivity index (χ3n) is 2.64. The zero-order valence-corrected chi connectivity index (χ0v) is 14.1. The summed E-state index contributed by atoms with van der Waals surface area (Å²) in [7, 11) is 0.216. The van der Waals surface area contributed by atoms with Crippen LogP contribution in [0.2, 0.25) is 30.7 Å². The van der Waals surface area contributed by atoms with E-state index in [2.05, 4.69) is 19.6 Å². The number of methoxy groups -OCH3 is 1. The number of benzene rings is 1. The van der Waals surface area contributed by atoms with Crippen molar-refractivity contribution in [2.24, 2.45) is 0 Å². The lowest BCUT2D eigenvalue weighted by Crippen LogP contribution is -2.22. The van der Waals surface area contributed by atoms with E-state index in [4.69, 9.17) is 25.8 Å². The van der Waals surface area contributed by atoms with Gasteiger partial charge in [0, 0.05) is 19.7 Å². The standard InChI is InChI=1S/C14H21ClO4Si/c1-17-14(16)12-9-11(15)5-6-13(12)19-10-18-7-8-20(2,3)4/h5-6,9H,7-8,10H2,1-4H3. The Kier molecular flexibility index (Phi) is 6.52. The van der Waals surface area contributed by atoms with Crippen LogP contribution in [0.5, 0.6) is 5.75 Å². The molecule has 0 aliphatic heterocycles. The van der Waals surface area contributed by atoms with Gasteiger partial charge in [0.15, 0.2) is 6.79 Å². The highest BCUT2D eigenvalue weighted by Gasteiger charge is 2.15. The van der Waals surface area contributed by atoms with Crippen LogP contribution in [-0.4, -0.2) is 34.6 Å². The fourth-order valence-corrected chi connectivity index (χ4v) is 2.37. The Bertz CT molecular complexity index is 457. The number of halogens is 1. The first kappa shape index (κ1) is 17.0. The second kappa shape index (κ2) is 7.66. The summed E-state index contributed by atoms with van der Waals surface area (Å²) in [5.41, 5.74) is 0.300. The van der Waals surface area contributed by atoms with Crippen molar-refractivity contribution in [3.8, 4) is 5.75 Å². The SMILES string of the molecule is COC(=O)c1cc(Cl)ccc1OCOCC[Si](C)(C)C. The Labute approximate surface area is 126 Å². The van der Waals surface area contributed by atoms with E-state index in [1.807, 2.05) is 0 Å². The smallest absolute Gasteiger partial charge is 0.341 e. The molecular formula is C14H21ClO4Si. The summed E-state index contributed by atoms with van der Waals surface area (Å²) >= 11 is 5.86. The molecule has 0 N–H and O–H groups in total. The molecule has 0 aliphatic rings. The highest BCUT2D eigenvalue weighted by molar-refractivity contribution is 6.76. The van der Waals surface area contributed by atoms with Gasteiger partial charge in [-0.2, -0.15) is 0 Å². The zero-order chi connectivity index (χ0) is 15.2. The van der Waals surface area contributed by atoms with Gasteiger partial charge in [-0.1, -0.05) is 31.2 Å². The molecule has 0 saturated carbocycles. The van der Waals surface area contributed by atoms with E-state index in [1.54, 1.807) is 12.1 Å². The Balaban J connectivity index is 2.53. The number of esters is 1. The summed E-state index contributed by atoms with van der Waals surface area (Å²) < 4.78 is 15.6. The average molecular weight is 317 g/mol. The lowest BCUT2D eigenvalue weighted by atomic mass is 10.2. The molecule has 0 heterocycles. The molecule has 1 aromatic rings. The van der Waals surface area contributed by atoms with Crippen molar-refractivity contribution in [2.45, 2.75) is 25.7 Å². The molecule has 0 fully saturated rings. The van der Waals surface area contributed by atoms with Gasteiger partial charge in [0.05, 0.1) is 7.11 Å². The highest BCUT2D eigenvalue weighted by atomic mass is 35.5. The lowest BCUT2D eigenvalue weighted by molar-refractivity contribution is 0.0207. The molecule has 0 radical (unpaired) electrons. The molecule has 1 aromatic carbocycles. The maximum absolute atomic E-state index is 11.6. The first-order valence-electron chi connectivity index (χ1n) is 6.42. The van der Waals surface area contributed by atoms with Crippen molar-refractivity contribution in [1.82, 2.24) is 0 Å². The Hall–Kier alpha value is -1.04. The van der Waals surface area contributed by atoms with E-state index in [0.717, 1.165) is 6.04 Å². The molecule has 0 atom stereocenters. The van der Waals surface area contributed by atoms with Crippen LogP contribution in [0.4, 0.5) is 0 Å². The van der Waals surface area contributed by atoms with E-state index >= 15 is 0 Å². The predicted molar refractivity (Wildman–Crippen MR) is 82.4 cm³/mol. The fraction of sp³-hybridized carbons (Fsp3) is 0.500. The average Bonchev–Trinajstić information content (AvgIpc) is 2.37. The molecular weight excluding hydrogens is 296 g/mol. The topological polar surface area (TPSA) is 44.8 Å². The van der Waals surface area contributed by atoms with Crippen LogP contribution in [0.15, 0.2) is 18.2 Å². The molecule has 0 saturated heterocycles. The molecule has 112 valence electrons. The van der Waals surface area contributed by atoms with Crippen LogP contribution in [-0.2, 0) is 9.47 Å². The van der Waals surface area contributed by atoms with E-state index in [1.165, 1.54) is 13.2 Å². The number of hydrogen-bond acceptors (Lipinski definition) is 4. The van der Waals surface area contributed by atoms with Crippen molar-refractivity contribution in [3.05, 3.63) is 28.8 Å². The molecule has 0 unspecified atom stereocenters. The van der Waals surface area contributed by atoms with Crippen molar-refractivity contribution in [1.29, 1.82) is 0 Å². The monoisotopic (exact) mass is 316 g/mol. The summed E-state index contributed by atoms with van der Waals surface area (Å²) in [6.45, 7) is 7.62. The van der Waals surface area contributed by atoms with Gasteiger partial charge in [0.25, 0.3) is 0 Å². The maximum Gasteiger partial charge on any atom is 0.341 e. The molecule has 0 bridgehead atoms. The van der Waals surface area contributed by atoms with Gasteiger partial charge in [-0.15, -0.1) is 0 Å². The normalized spacial score (nSPS) is 11.2. The Morgan fingerprint density at radius 2 is 2.00 bits per heavy atom. The van der Waals surface area contributed by atoms with Gasteiger partial charge in [0.2, 0.25) is 0 Å².